The molecule has 2 nitrogen and oxygen atoms in total. The van der Waals surface area contributed by atoms with E-state index in [1.165, 1.54) is 0 Å². The van der Waals surface area contributed by atoms with Gasteiger partial charge in [-0.25, -0.2) is 0 Å². The van der Waals surface area contributed by atoms with Gasteiger partial charge in [-0.05, 0) is 0 Å². The minimum absolute atomic E-state index is 0.110. The Bertz CT molecular complexity index is 714. The Hall–Kier alpha value is -1.79. The molecule has 130 valence electrons. The molecule has 2 rings (SSSR count). The van der Waals surface area contributed by atoms with Gasteiger partial charge < -0.3 is 0 Å². The molecule has 0 saturated heterocycles. The van der Waals surface area contributed by atoms with Crippen molar-refractivity contribution in [3.63, 3.8) is 0 Å². The second-order valence-electron chi connectivity index (χ2n) is 6.72. The van der Waals surface area contributed by atoms with E-state index in [0.717, 1.165) is 27.1 Å². The summed E-state index contributed by atoms with van der Waals surface area (Å²) >= 11 is 2.98. The Labute approximate surface area is 159 Å². The first-order chi connectivity index (χ1) is 11.9. The van der Waals surface area contributed by atoms with Crippen LogP contribution in [0.5, 0.6) is 0 Å². The van der Waals surface area contributed by atoms with E-state index in [1.807, 2.05) is 49.4 Å². The topological polar surface area (TPSA) is 21.6 Å². The summed E-state index contributed by atoms with van der Waals surface area (Å²) in [4.78, 5) is 5.07. The number of hydrogen-bond acceptors (Lipinski definition) is 2. The van der Waals surface area contributed by atoms with Crippen molar-refractivity contribution in [1.82, 2.24) is 0 Å². The number of nitrogens with zero attached hydrogens (tertiary/aromatic N) is 1. The average molecular weight is 371 g/mol. The molecule has 2 aromatic rings. The summed E-state index contributed by atoms with van der Waals surface area (Å²) in [5.41, 5.74) is 4.02. The average Bonchev–Trinajstić information content (AvgIpc) is 2.59. The first-order valence-electron chi connectivity index (χ1n) is 8.50. The minimum atomic E-state index is -0.110. The molecule has 0 bridgehead atoms. The quantitative estimate of drug-likeness (QED) is 0.642. The van der Waals surface area contributed by atoms with Crippen LogP contribution < -0.4 is 0 Å². The Morgan fingerprint density at radius 2 is 1.44 bits per heavy atom. The van der Waals surface area contributed by atoms with Crippen LogP contribution in [0.15, 0.2) is 77.4 Å². The molecular weight excluding hydrogens is 346 g/mol. The number of ether oxygens (including phenoxy) is 1. The van der Waals surface area contributed by atoms with Gasteiger partial charge in [-0.3, -0.25) is 0 Å². The molecule has 25 heavy (non-hydrogen) atoms. The fraction of sp³-hybridized carbons (Fsp3) is 0.273. The van der Waals surface area contributed by atoms with Gasteiger partial charge in [-0.1, -0.05) is 0 Å². The van der Waals surface area contributed by atoms with E-state index >= 15 is 0 Å². The van der Waals surface area contributed by atoms with Crippen LogP contribution in [0.3, 0.4) is 0 Å². The van der Waals surface area contributed by atoms with Crippen molar-refractivity contribution < 1.29 is 20.6 Å². The maximum absolute atomic E-state index is 5.58. The molecule has 0 heterocycles. The fourth-order valence-electron chi connectivity index (χ4n) is 2.32. The molecule has 2 aromatic carbocycles. The number of hydrogen-bond donors (Lipinski definition) is 0. The summed E-state index contributed by atoms with van der Waals surface area (Å²) in [5.74, 6) is 0. The summed E-state index contributed by atoms with van der Waals surface area (Å²) in [5, 5.41) is 0. The molecule has 0 aliphatic carbocycles. The zero-order valence-electron chi connectivity index (χ0n) is 15.3. The Morgan fingerprint density at radius 1 is 0.960 bits per heavy atom. The summed E-state index contributed by atoms with van der Waals surface area (Å²) in [6, 6.07) is 20.6. The predicted molar refractivity (Wildman–Crippen MR) is 103 cm³/mol. The fourth-order valence-corrected chi connectivity index (χ4v) is 2.68. The zero-order chi connectivity index (χ0) is 18.3. The van der Waals surface area contributed by atoms with Gasteiger partial charge in [0.05, 0.1) is 0 Å². The molecule has 0 N–H and O–H groups in total. The van der Waals surface area contributed by atoms with Gasteiger partial charge in [0.15, 0.2) is 0 Å². The normalized spacial score (nSPS) is 11.9. The van der Waals surface area contributed by atoms with E-state index in [4.69, 9.17) is 9.73 Å². The van der Waals surface area contributed by atoms with Crippen molar-refractivity contribution in [3.05, 3.63) is 83.6 Å². The summed E-state index contributed by atoms with van der Waals surface area (Å²) < 4.78 is 6.34. The second kappa shape index (κ2) is 9.06. The van der Waals surface area contributed by atoms with E-state index in [9.17, 15) is 0 Å². The van der Waals surface area contributed by atoms with Gasteiger partial charge in [0.25, 0.3) is 0 Å². The molecule has 0 spiro atoms. The molecule has 0 aliphatic heterocycles. The molecule has 0 fully saturated rings. The van der Waals surface area contributed by atoms with E-state index < -0.39 is 0 Å². The number of benzene rings is 2. The van der Waals surface area contributed by atoms with Gasteiger partial charge >= 0.3 is 159 Å². The van der Waals surface area contributed by atoms with Crippen molar-refractivity contribution in [2.75, 3.05) is 6.61 Å². The van der Waals surface area contributed by atoms with Gasteiger partial charge in [-0.15, -0.1) is 0 Å². The van der Waals surface area contributed by atoms with Crippen LogP contribution in [-0.2, 0) is 20.6 Å². The van der Waals surface area contributed by atoms with Crippen molar-refractivity contribution in [3.8, 4) is 0 Å². The van der Waals surface area contributed by atoms with Crippen molar-refractivity contribution in [2.24, 2.45) is 10.4 Å². The van der Waals surface area contributed by atoms with Crippen LogP contribution >= 0.6 is 0 Å². The summed E-state index contributed by atoms with van der Waals surface area (Å²) in [7, 11) is 0. The Balaban J connectivity index is 2.59. The van der Waals surface area contributed by atoms with Crippen LogP contribution in [-0.4, -0.2) is 16.9 Å². The zero-order valence-corrected chi connectivity index (χ0v) is 16.6. The molecule has 0 radical (unpaired) electrons. The first-order valence-corrected chi connectivity index (χ1v) is 9.14. The van der Waals surface area contributed by atoms with Crippen LogP contribution in [0.4, 0.5) is 0 Å². The van der Waals surface area contributed by atoms with Crippen LogP contribution in [0, 0.1) is 5.41 Å². The molecule has 0 atom stereocenters. The monoisotopic (exact) mass is 371 g/mol. The van der Waals surface area contributed by atoms with E-state index in [2.05, 4.69) is 60.9 Å². The van der Waals surface area contributed by atoms with Crippen LogP contribution in [0.1, 0.15) is 38.8 Å². The standard InChI is InChI=1S/C22H25NO.Cr/c1-5-24-17-16-20(22(2,3)4)23-21(18-12-8-6-9-13-18)19-14-10-7-11-15-19;/h6-16H,5H2,1-4H3;/b20-16-;. The third-order valence-corrected chi connectivity index (χ3v) is 4.00. The number of aliphatic imine (C=N–C) groups is 1. The molecule has 0 saturated carbocycles. The van der Waals surface area contributed by atoms with Gasteiger partial charge in [0, 0.05) is 0 Å². The molecule has 0 aromatic heterocycles. The van der Waals surface area contributed by atoms with Gasteiger partial charge in [0.2, 0.25) is 0 Å². The van der Waals surface area contributed by atoms with E-state index in [-0.39, 0.29) is 5.41 Å². The Morgan fingerprint density at radius 3 is 1.84 bits per heavy atom. The van der Waals surface area contributed by atoms with Crippen LogP contribution in [0.2, 0.25) is 0 Å². The molecule has 3 heteroatoms. The van der Waals surface area contributed by atoms with E-state index in [0.29, 0.717) is 6.61 Å². The summed E-state index contributed by atoms with van der Waals surface area (Å²) in [6.45, 7) is 9.09. The third-order valence-electron chi connectivity index (χ3n) is 3.64. The molecular formula is C22H25CrNO. The van der Waals surface area contributed by atoms with Gasteiger partial charge in [-0.2, -0.15) is 0 Å². The number of allylic oxidation sites excluding steroid dienone is 1. The summed E-state index contributed by atoms with van der Waals surface area (Å²) in [6.07, 6.45) is 2.00. The van der Waals surface area contributed by atoms with E-state index in [1.54, 1.807) is 0 Å². The van der Waals surface area contributed by atoms with Crippen molar-refractivity contribution in [1.29, 1.82) is 0 Å². The van der Waals surface area contributed by atoms with Crippen molar-refractivity contribution in [2.45, 2.75) is 27.7 Å². The Kier molecular flexibility index (Phi) is 7.08. The maximum atomic E-state index is 5.58. The SMILES string of the molecule is CCO[C](=[Cr])/C=C(\N=C(c1ccccc1)c1ccccc1)C(C)(C)C. The van der Waals surface area contributed by atoms with Gasteiger partial charge in [0.1, 0.15) is 0 Å². The molecule has 0 aliphatic rings. The molecule has 0 amide bonds. The molecule has 0 unspecified atom stereocenters. The third kappa shape index (κ3) is 5.90. The second-order valence-corrected chi connectivity index (χ2v) is 7.35. The number of rotatable bonds is 6. The van der Waals surface area contributed by atoms with Crippen LogP contribution in [0.25, 0.3) is 0 Å². The van der Waals surface area contributed by atoms with Crippen molar-refractivity contribution >= 4 is 10.3 Å². The first kappa shape index (κ1) is 19.5. The predicted octanol–water partition coefficient (Wildman–Crippen LogP) is 5.17.